The number of benzene rings is 4. The van der Waals surface area contributed by atoms with E-state index >= 15 is 0 Å². The molecule has 0 spiro atoms. The van der Waals surface area contributed by atoms with Crippen molar-refractivity contribution in [1.29, 1.82) is 0 Å². The van der Waals surface area contributed by atoms with Crippen LogP contribution in [0.4, 0.5) is 0 Å². The second kappa shape index (κ2) is 18.7. The van der Waals surface area contributed by atoms with Crippen molar-refractivity contribution in [3.8, 4) is 5.75 Å². The third-order valence-corrected chi connectivity index (χ3v) is 4.69. The van der Waals surface area contributed by atoms with Crippen molar-refractivity contribution >= 4 is 21.5 Å². The normalized spacial score (nSPS) is 8.73. The average Bonchev–Trinajstić information content (AvgIpc) is 2.84. The lowest BCUT2D eigenvalue weighted by Crippen LogP contribution is -1.82. The first-order chi connectivity index (χ1) is 16.0. The molecule has 33 heavy (non-hydrogen) atoms. The fraction of sp³-hybridized carbons (Fsp3) is 0.375. The zero-order valence-electron chi connectivity index (χ0n) is 23.3. The summed E-state index contributed by atoms with van der Waals surface area (Å²) in [4.78, 5) is 0. The molecule has 0 saturated heterocycles. The molecule has 182 valence electrons. The van der Waals surface area contributed by atoms with Crippen LogP contribution in [0.3, 0.4) is 0 Å². The Balaban J connectivity index is 0. The number of hydrogen-bond donors (Lipinski definition) is 1. The molecular weight excluding hydrogens is 400 g/mol. The van der Waals surface area contributed by atoms with Gasteiger partial charge >= 0.3 is 0 Å². The number of aromatic hydroxyl groups is 1. The highest BCUT2D eigenvalue weighted by atomic mass is 16.3. The lowest BCUT2D eigenvalue weighted by molar-refractivity contribution is 0.476. The van der Waals surface area contributed by atoms with E-state index in [1.807, 2.05) is 74.4 Å². The molecule has 0 amide bonds. The van der Waals surface area contributed by atoms with Gasteiger partial charge in [-0.25, -0.2) is 0 Å². The van der Waals surface area contributed by atoms with Crippen LogP contribution >= 0.6 is 0 Å². The highest BCUT2D eigenvalue weighted by Crippen LogP contribution is 2.26. The molecule has 0 aliphatic rings. The molecule has 0 aliphatic carbocycles. The summed E-state index contributed by atoms with van der Waals surface area (Å²) in [6, 6.07) is 22.6. The lowest BCUT2D eigenvalue weighted by Gasteiger charge is -2.05. The molecule has 0 unspecified atom stereocenters. The van der Waals surface area contributed by atoms with Gasteiger partial charge < -0.3 is 5.11 Å². The predicted octanol–water partition coefficient (Wildman–Crippen LogP) is 10.7. The van der Waals surface area contributed by atoms with E-state index in [9.17, 15) is 5.11 Å². The molecule has 0 aliphatic heterocycles. The van der Waals surface area contributed by atoms with Crippen molar-refractivity contribution in [2.24, 2.45) is 0 Å². The first-order valence-corrected chi connectivity index (χ1v) is 12.6. The van der Waals surface area contributed by atoms with Crippen molar-refractivity contribution in [2.75, 3.05) is 0 Å². The van der Waals surface area contributed by atoms with Crippen molar-refractivity contribution < 1.29 is 5.11 Å². The van der Waals surface area contributed by atoms with Gasteiger partial charge in [0.05, 0.1) is 0 Å². The smallest absolute Gasteiger partial charge is 0.116 e. The highest BCUT2D eigenvalue weighted by molar-refractivity contribution is 5.90. The van der Waals surface area contributed by atoms with Gasteiger partial charge in [0.1, 0.15) is 5.75 Å². The fourth-order valence-electron chi connectivity index (χ4n) is 3.59. The minimum atomic E-state index is 0.343. The quantitative estimate of drug-likeness (QED) is 0.283. The van der Waals surface area contributed by atoms with Crippen LogP contribution in [0, 0.1) is 27.7 Å². The molecule has 1 N–H and O–H groups in total. The largest absolute Gasteiger partial charge is 0.508 e. The van der Waals surface area contributed by atoms with Crippen LogP contribution in [-0.2, 0) is 0 Å². The van der Waals surface area contributed by atoms with E-state index in [0.717, 1.165) is 10.9 Å². The molecule has 0 fully saturated rings. The van der Waals surface area contributed by atoms with Gasteiger partial charge in [-0.15, -0.1) is 0 Å². The van der Waals surface area contributed by atoms with E-state index in [1.54, 1.807) is 12.1 Å². The van der Waals surface area contributed by atoms with E-state index in [-0.39, 0.29) is 0 Å². The van der Waals surface area contributed by atoms with Gasteiger partial charge in [-0.05, 0) is 83.6 Å². The summed E-state index contributed by atoms with van der Waals surface area (Å²) in [6.07, 6.45) is 0. The highest BCUT2D eigenvalue weighted by Gasteiger charge is 2.01. The molecule has 1 nitrogen and oxygen atoms in total. The molecule has 4 aromatic rings. The van der Waals surface area contributed by atoms with E-state index in [1.165, 1.54) is 32.8 Å². The Morgan fingerprint density at radius 2 is 0.758 bits per heavy atom. The molecule has 4 rings (SSSR count). The number of phenols is 1. The van der Waals surface area contributed by atoms with Gasteiger partial charge in [0.25, 0.3) is 0 Å². The van der Waals surface area contributed by atoms with Crippen molar-refractivity contribution in [3.05, 3.63) is 89.0 Å². The lowest BCUT2D eigenvalue weighted by atomic mass is 10.0. The van der Waals surface area contributed by atoms with Crippen LogP contribution in [0.25, 0.3) is 21.5 Å². The summed E-state index contributed by atoms with van der Waals surface area (Å²) in [6.45, 7) is 24.4. The zero-order chi connectivity index (χ0) is 26.0. The Morgan fingerprint density at radius 3 is 1.12 bits per heavy atom. The Bertz CT molecular complexity index is 1010. The van der Waals surface area contributed by atoms with E-state index in [2.05, 4.69) is 63.2 Å². The molecular formula is C32H48O. The third kappa shape index (κ3) is 9.70. The number of rotatable bonds is 0. The Kier molecular flexibility index (Phi) is 18.4. The second-order valence-corrected chi connectivity index (χ2v) is 6.68. The maximum Gasteiger partial charge on any atom is 0.116 e. The standard InChI is InChI=1S/C12H12O.C12H12.4C2H6/c1-8-4-3-5-10-7-11(13)6-9(2)12(8)10;1-9-5-3-7-11-8-4-6-10(2)12(9)11;4*1-2/h3-7,13H,1-2H3;3-8H,1-2H3;4*1-2H3. The van der Waals surface area contributed by atoms with Crippen LogP contribution in [0.15, 0.2) is 66.7 Å². The minimum absolute atomic E-state index is 0.343. The molecule has 0 heterocycles. The van der Waals surface area contributed by atoms with Crippen LogP contribution < -0.4 is 0 Å². The first kappa shape index (κ1) is 32.4. The predicted molar refractivity (Wildman–Crippen MR) is 154 cm³/mol. The van der Waals surface area contributed by atoms with Gasteiger partial charge in [0.2, 0.25) is 0 Å². The van der Waals surface area contributed by atoms with Crippen LogP contribution in [0.1, 0.15) is 77.6 Å². The number of hydrogen-bond acceptors (Lipinski definition) is 1. The summed E-state index contributed by atoms with van der Waals surface area (Å²) in [5.41, 5.74) is 5.12. The SMILES string of the molecule is CC.CC.CC.CC.Cc1cccc2cc(O)cc(C)c12.Cc1cccc2cccc(C)c12. The molecule has 0 saturated carbocycles. The molecule has 0 bridgehead atoms. The average molecular weight is 449 g/mol. The summed E-state index contributed by atoms with van der Waals surface area (Å²) in [7, 11) is 0. The summed E-state index contributed by atoms with van der Waals surface area (Å²) in [5, 5.41) is 14.5. The maximum absolute atomic E-state index is 9.40. The van der Waals surface area contributed by atoms with Gasteiger partial charge in [0, 0.05) is 0 Å². The molecule has 0 radical (unpaired) electrons. The summed E-state index contributed by atoms with van der Waals surface area (Å²) in [5.74, 6) is 0.343. The third-order valence-electron chi connectivity index (χ3n) is 4.69. The van der Waals surface area contributed by atoms with Crippen LogP contribution in [-0.4, -0.2) is 5.11 Å². The topological polar surface area (TPSA) is 20.2 Å². The van der Waals surface area contributed by atoms with Crippen LogP contribution in [0.2, 0.25) is 0 Å². The number of fused-ring (bicyclic) bond motifs is 2. The maximum atomic E-state index is 9.40. The Morgan fingerprint density at radius 1 is 0.424 bits per heavy atom. The number of aryl methyl sites for hydroxylation is 4. The van der Waals surface area contributed by atoms with E-state index < -0.39 is 0 Å². The Hall–Kier alpha value is -2.80. The van der Waals surface area contributed by atoms with Crippen molar-refractivity contribution in [1.82, 2.24) is 0 Å². The van der Waals surface area contributed by atoms with Gasteiger partial charge in [-0.3, -0.25) is 0 Å². The van der Waals surface area contributed by atoms with Gasteiger partial charge in [-0.2, -0.15) is 0 Å². The molecule has 1 heteroatoms. The summed E-state index contributed by atoms with van der Waals surface area (Å²) < 4.78 is 0. The fourth-order valence-corrected chi connectivity index (χ4v) is 3.59. The van der Waals surface area contributed by atoms with Gasteiger partial charge in [-0.1, -0.05) is 110 Å². The van der Waals surface area contributed by atoms with E-state index in [0.29, 0.717) is 5.75 Å². The Labute approximate surface area is 204 Å². The zero-order valence-corrected chi connectivity index (χ0v) is 23.3. The first-order valence-electron chi connectivity index (χ1n) is 12.6. The minimum Gasteiger partial charge on any atom is -0.508 e. The number of phenolic OH excluding ortho intramolecular Hbond substituents is 1. The van der Waals surface area contributed by atoms with Crippen molar-refractivity contribution in [2.45, 2.75) is 83.1 Å². The summed E-state index contributed by atoms with van der Waals surface area (Å²) >= 11 is 0. The van der Waals surface area contributed by atoms with E-state index in [4.69, 9.17) is 0 Å². The van der Waals surface area contributed by atoms with Crippen LogP contribution in [0.5, 0.6) is 5.75 Å². The molecule has 4 aromatic carbocycles. The van der Waals surface area contributed by atoms with Gasteiger partial charge in [0.15, 0.2) is 0 Å². The van der Waals surface area contributed by atoms with Crippen molar-refractivity contribution in [3.63, 3.8) is 0 Å². The second-order valence-electron chi connectivity index (χ2n) is 6.68. The molecule has 0 aromatic heterocycles. The molecule has 0 atom stereocenters. The monoisotopic (exact) mass is 448 g/mol.